The first kappa shape index (κ1) is 6.99. The molecule has 0 aliphatic carbocycles. The molecular weight excluding hydrogens is 122 g/mol. The molecule has 1 unspecified atom stereocenters. The van der Waals surface area contributed by atoms with Crippen LogP contribution in [0.15, 0.2) is 0 Å². The summed E-state index contributed by atoms with van der Waals surface area (Å²) in [5.74, 6) is 4.38. The van der Waals surface area contributed by atoms with E-state index in [0.717, 1.165) is 0 Å². The molecule has 0 saturated heterocycles. The van der Waals surface area contributed by atoms with Crippen LogP contribution in [0.5, 0.6) is 0 Å². The zero-order valence-corrected chi connectivity index (χ0v) is 4.14. The normalized spacial score (nSPS) is 14.0. The molecule has 0 aromatic rings. The second-order valence-electron chi connectivity index (χ2n) is 0.606. The number of hydrogen-bond donors (Lipinski definition) is 1. The summed E-state index contributed by atoms with van der Waals surface area (Å²) < 4.78 is 22.6. The summed E-state index contributed by atoms with van der Waals surface area (Å²) in [6.07, 6.45) is 0. The van der Waals surface area contributed by atoms with Gasteiger partial charge in [0.15, 0.2) is 6.79 Å². The second kappa shape index (κ2) is 4.16. The Morgan fingerprint density at radius 1 is 1.86 bits per heavy atom. The largest absolute Gasteiger partial charge is 0.750 e. The fourth-order valence-electron chi connectivity index (χ4n) is 0.0671. The zero-order chi connectivity index (χ0) is 5.70. The summed E-state index contributed by atoms with van der Waals surface area (Å²) in [6, 6.07) is 0. The molecule has 0 aromatic carbocycles. The Bertz CT molecular complexity index is 64.7. The van der Waals surface area contributed by atoms with Crippen LogP contribution >= 0.6 is 0 Å². The van der Waals surface area contributed by atoms with Crippen LogP contribution in [0.4, 0.5) is 0 Å². The van der Waals surface area contributed by atoms with E-state index in [1.165, 1.54) is 0 Å². The predicted molar refractivity (Wildman–Crippen MR) is 20.1 cm³/mol. The van der Waals surface area contributed by atoms with Crippen molar-refractivity contribution in [3.05, 3.63) is 0 Å². The molecule has 44 valence electrons. The Morgan fingerprint density at radius 3 is 2.57 bits per heavy atom. The van der Waals surface area contributed by atoms with Crippen LogP contribution in [0.25, 0.3) is 0 Å². The van der Waals surface area contributed by atoms with Gasteiger partial charge in [0.05, 0.1) is 11.4 Å². The number of nitrogens with two attached hydrogens (primary N) is 1. The molecular formula is CH4NO4S-. The lowest BCUT2D eigenvalue weighted by Gasteiger charge is -2.01. The molecule has 1 atom stereocenters. The molecule has 0 bridgehead atoms. The minimum atomic E-state index is -2.52. The third-order valence-electron chi connectivity index (χ3n) is 0.212. The molecule has 0 radical (unpaired) electrons. The van der Waals surface area contributed by atoms with E-state index in [0.29, 0.717) is 0 Å². The average molecular weight is 126 g/mol. The van der Waals surface area contributed by atoms with E-state index < -0.39 is 18.2 Å². The predicted octanol–water partition coefficient (Wildman–Crippen LogP) is -1.36. The summed E-state index contributed by atoms with van der Waals surface area (Å²) in [7, 11) is 0. The van der Waals surface area contributed by atoms with Gasteiger partial charge in [0, 0.05) is 0 Å². The van der Waals surface area contributed by atoms with Gasteiger partial charge in [-0.15, -0.1) is 0 Å². The van der Waals surface area contributed by atoms with Crippen molar-refractivity contribution < 1.29 is 17.8 Å². The van der Waals surface area contributed by atoms with E-state index in [1.807, 2.05) is 0 Å². The van der Waals surface area contributed by atoms with Gasteiger partial charge in [0.2, 0.25) is 0 Å². The zero-order valence-electron chi connectivity index (χ0n) is 3.33. The average Bonchev–Trinajstić information content (AvgIpc) is 1.61. The molecule has 7 heavy (non-hydrogen) atoms. The van der Waals surface area contributed by atoms with Crippen LogP contribution in [0.3, 0.4) is 0 Å². The van der Waals surface area contributed by atoms with Crippen LogP contribution in [0.2, 0.25) is 0 Å². The van der Waals surface area contributed by atoms with Gasteiger partial charge in [0.1, 0.15) is 0 Å². The monoisotopic (exact) mass is 126 g/mol. The highest BCUT2D eigenvalue weighted by molar-refractivity contribution is 7.74. The maximum absolute atomic E-state index is 9.40. The van der Waals surface area contributed by atoms with E-state index in [-0.39, 0.29) is 0 Å². The Morgan fingerprint density at radius 2 is 2.43 bits per heavy atom. The molecule has 0 rings (SSSR count). The third kappa shape index (κ3) is 5.99. The molecule has 0 spiro atoms. The van der Waals surface area contributed by atoms with Gasteiger partial charge in [-0.2, -0.15) is 0 Å². The third-order valence-corrected chi connectivity index (χ3v) is 0.501. The lowest BCUT2D eigenvalue weighted by molar-refractivity contribution is 0.0171. The summed E-state index contributed by atoms with van der Waals surface area (Å²) in [5.41, 5.74) is 0. The van der Waals surface area contributed by atoms with E-state index in [1.54, 1.807) is 0 Å². The molecule has 2 N–H and O–H groups in total. The van der Waals surface area contributed by atoms with Crippen molar-refractivity contribution in [2.45, 2.75) is 0 Å². The molecule has 0 heterocycles. The van der Waals surface area contributed by atoms with Crippen LogP contribution in [0.1, 0.15) is 0 Å². The standard InChI is InChI=1S/CH5NO4S/c2-5-1-6-7(3)4/h1-2H2,(H,3,4)/p-1. The van der Waals surface area contributed by atoms with Gasteiger partial charge in [-0.25, -0.2) is 10.1 Å². The van der Waals surface area contributed by atoms with E-state index in [2.05, 4.69) is 14.9 Å². The highest BCUT2D eigenvalue weighted by Crippen LogP contribution is 1.73. The highest BCUT2D eigenvalue weighted by atomic mass is 32.2. The van der Waals surface area contributed by atoms with Gasteiger partial charge >= 0.3 is 0 Å². The second-order valence-corrected chi connectivity index (χ2v) is 1.25. The van der Waals surface area contributed by atoms with Crippen LogP contribution in [-0.4, -0.2) is 15.6 Å². The highest BCUT2D eigenvalue weighted by Gasteiger charge is 1.77. The van der Waals surface area contributed by atoms with E-state index >= 15 is 0 Å². The summed E-state index contributed by atoms with van der Waals surface area (Å²) >= 11 is -2.52. The van der Waals surface area contributed by atoms with E-state index in [9.17, 15) is 8.76 Å². The first-order valence-corrected chi connectivity index (χ1v) is 2.31. The van der Waals surface area contributed by atoms with Crippen molar-refractivity contribution in [2.24, 2.45) is 5.90 Å². The lowest BCUT2D eigenvalue weighted by atomic mass is 11.5. The lowest BCUT2D eigenvalue weighted by Crippen LogP contribution is -2.06. The molecule has 6 heteroatoms. The maximum Gasteiger partial charge on any atom is 0.181 e. The Hall–Kier alpha value is -0.0100. The van der Waals surface area contributed by atoms with Gasteiger partial charge in [-0.1, -0.05) is 0 Å². The summed E-state index contributed by atoms with van der Waals surface area (Å²) in [6.45, 7) is -0.434. The molecule has 0 amide bonds. The van der Waals surface area contributed by atoms with Crippen molar-refractivity contribution in [2.75, 3.05) is 6.79 Å². The van der Waals surface area contributed by atoms with Gasteiger partial charge in [-0.05, 0) is 0 Å². The van der Waals surface area contributed by atoms with Crippen molar-refractivity contribution in [1.29, 1.82) is 0 Å². The minimum absolute atomic E-state index is 0.434. The first-order valence-electron chi connectivity index (χ1n) is 1.31. The molecule has 0 aromatic heterocycles. The van der Waals surface area contributed by atoms with Gasteiger partial charge in [-0.3, -0.25) is 9.02 Å². The van der Waals surface area contributed by atoms with Gasteiger partial charge < -0.3 is 4.55 Å². The molecule has 0 fully saturated rings. The SMILES string of the molecule is NOCOS(=O)[O-]. The number of rotatable bonds is 3. The Labute approximate surface area is 42.8 Å². The summed E-state index contributed by atoms with van der Waals surface area (Å²) in [5, 5.41) is 0. The number of hydrogen-bond acceptors (Lipinski definition) is 5. The fourth-order valence-corrected chi connectivity index (χ4v) is 0.201. The van der Waals surface area contributed by atoms with Crippen molar-refractivity contribution in [3.63, 3.8) is 0 Å². The quantitative estimate of drug-likeness (QED) is 0.287. The van der Waals surface area contributed by atoms with Crippen LogP contribution < -0.4 is 5.90 Å². The van der Waals surface area contributed by atoms with Gasteiger partial charge in [0.25, 0.3) is 0 Å². The van der Waals surface area contributed by atoms with Crippen molar-refractivity contribution in [3.8, 4) is 0 Å². The first-order chi connectivity index (χ1) is 3.27. The van der Waals surface area contributed by atoms with E-state index in [4.69, 9.17) is 0 Å². The van der Waals surface area contributed by atoms with Crippen molar-refractivity contribution >= 4 is 11.4 Å². The molecule has 5 nitrogen and oxygen atoms in total. The van der Waals surface area contributed by atoms with Crippen LogP contribution in [0, 0.1) is 0 Å². The van der Waals surface area contributed by atoms with Crippen molar-refractivity contribution in [1.82, 2.24) is 0 Å². The Balaban J connectivity index is 2.82. The smallest absolute Gasteiger partial charge is 0.181 e. The Kier molecular flexibility index (Phi) is 4.15. The maximum atomic E-state index is 9.40. The molecule has 0 saturated carbocycles. The fraction of sp³-hybridized carbons (Fsp3) is 1.00. The molecule has 0 aliphatic heterocycles. The van der Waals surface area contributed by atoms with Crippen LogP contribution in [-0.2, 0) is 20.4 Å². The topological polar surface area (TPSA) is 84.6 Å². The molecule has 0 aliphatic rings. The summed E-state index contributed by atoms with van der Waals surface area (Å²) in [4.78, 5) is 3.74. The minimum Gasteiger partial charge on any atom is -0.750 e.